The highest BCUT2D eigenvalue weighted by molar-refractivity contribution is 5.88. The van der Waals surface area contributed by atoms with E-state index in [1.54, 1.807) is 0 Å². The molecule has 0 amide bonds. The van der Waals surface area contributed by atoms with Gasteiger partial charge in [0.05, 0.1) is 12.5 Å². The Bertz CT molecular complexity index is 506. The van der Waals surface area contributed by atoms with Crippen molar-refractivity contribution in [2.45, 2.75) is 13.3 Å². The predicted octanol–water partition coefficient (Wildman–Crippen LogP) is 3.21. The number of nitriles is 1. The zero-order valence-electron chi connectivity index (χ0n) is 8.12. The standard InChI is InChI=1S/C13H11N/c1-10-4-2-7-13-11(8-9-14)5-3-6-12(10)13/h2-7H,8H2,1H3. The molecule has 1 nitrogen and oxygen atoms in total. The van der Waals surface area contributed by atoms with Crippen LogP contribution >= 0.6 is 0 Å². The van der Waals surface area contributed by atoms with Crippen molar-refractivity contribution in [3.05, 3.63) is 47.5 Å². The number of nitrogens with zero attached hydrogens (tertiary/aromatic N) is 1. The summed E-state index contributed by atoms with van der Waals surface area (Å²) in [5, 5.41) is 11.2. The second-order valence-corrected chi connectivity index (χ2v) is 3.42. The molecule has 0 atom stereocenters. The molecule has 0 unspecified atom stereocenters. The van der Waals surface area contributed by atoms with Gasteiger partial charge in [-0.15, -0.1) is 0 Å². The Balaban J connectivity index is 2.76. The molecular weight excluding hydrogens is 170 g/mol. The molecule has 68 valence electrons. The number of aryl methyl sites for hydroxylation is 1. The van der Waals surface area contributed by atoms with Crippen molar-refractivity contribution < 1.29 is 0 Å². The summed E-state index contributed by atoms with van der Waals surface area (Å²) < 4.78 is 0. The van der Waals surface area contributed by atoms with Crippen molar-refractivity contribution in [3.8, 4) is 6.07 Å². The highest BCUT2D eigenvalue weighted by Crippen LogP contribution is 2.21. The Morgan fingerprint density at radius 1 is 1.07 bits per heavy atom. The lowest BCUT2D eigenvalue weighted by atomic mass is 9.99. The van der Waals surface area contributed by atoms with E-state index in [0.717, 1.165) is 5.56 Å². The van der Waals surface area contributed by atoms with Gasteiger partial charge in [0.15, 0.2) is 0 Å². The molecule has 0 saturated carbocycles. The molecule has 0 bridgehead atoms. The molecule has 0 radical (unpaired) electrons. The number of benzene rings is 2. The number of fused-ring (bicyclic) bond motifs is 1. The van der Waals surface area contributed by atoms with Crippen molar-refractivity contribution in [3.63, 3.8) is 0 Å². The fourth-order valence-corrected chi connectivity index (χ4v) is 1.77. The molecule has 0 heterocycles. The van der Waals surface area contributed by atoms with Crippen LogP contribution in [0.2, 0.25) is 0 Å². The van der Waals surface area contributed by atoms with Crippen LogP contribution in [0.15, 0.2) is 36.4 Å². The summed E-state index contributed by atoms with van der Waals surface area (Å²) in [5.74, 6) is 0. The molecular formula is C13H11N. The average molecular weight is 181 g/mol. The summed E-state index contributed by atoms with van der Waals surface area (Å²) in [6, 6.07) is 14.5. The van der Waals surface area contributed by atoms with Crippen molar-refractivity contribution in [2.75, 3.05) is 0 Å². The maximum Gasteiger partial charge on any atom is 0.0669 e. The summed E-state index contributed by atoms with van der Waals surface area (Å²) in [5.41, 5.74) is 2.39. The minimum Gasteiger partial charge on any atom is -0.198 e. The summed E-state index contributed by atoms with van der Waals surface area (Å²) in [7, 11) is 0. The zero-order chi connectivity index (χ0) is 9.97. The fraction of sp³-hybridized carbons (Fsp3) is 0.154. The van der Waals surface area contributed by atoms with Crippen molar-refractivity contribution in [1.82, 2.24) is 0 Å². The van der Waals surface area contributed by atoms with Gasteiger partial charge in [-0.2, -0.15) is 5.26 Å². The molecule has 2 aromatic rings. The summed E-state index contributed by atoms with van der Waals surface area (Å²) in [6.07, 6.45) is 0.487. The topological polar surface area (TPSA) is 23.8 Å². The summed E-state index contributed by atoms with van der Waals surface area (Å²) >= 11 is 0. The fourth-order valence-electron chi connectivity index (χ4n) is 1.77. The van der Waals surface area contributed by atoms with Gasteiger partial charge in [0.25, 0.3) is 0 Å². The number of hydrogen-bond acceptors (Lipinski definition) is 1. The van der Waals surface area contributed by atoms with E-state index in [9.17, 15) is 0 Å². The number of rotatable bonds is 1. The highest BCUT2D eigenvalue weighted by Gasteiger charge is 2.00. The van der Waals surface area contributed by atoms with Gasteiger partial charge >= 0.3 is 0 Å². The third-order valence-electron chi connectivity index (χ3n) is 2.50. The van der Waals surface area contributed by atoms with Gasteiger partial charge < -0.3 is 0 Å². The average Bonchev–Trinajstić information content (AvgIpc) is 2.20. The first kappa shape index (κ1) is 8.77. The quantitative estimate of drug-likeness (QED) is 0.662. The monoisotopic (exact) mass is 181 g/mol. The van der Waals surface area contributed by atoms with E-state index >= 15 is 0 Å². The maximum absolute atomic E-state index is 8.70. The molecule has 0 aromatic heterocycles. The first-order valence-electron chi connectivity index (χ1n) is 4.67. The van der Waals surface area contributed by atoms with Crippen molar-refractivity contribution >= 4 is 10.8 Å². The summed E-state index contributed by atoms with van der Waals surface area (Å²) in [6.45, 7) is 2.10. The second kappa shape index (κ2) is 3.51. The van der Waals surface area contributed by atoms with Crippen LogP contribution in [0, 0.1) is 18.3 Å². The van der Waals surface area contributed by atoms with E-state index in [1.165, 1.54) is 16.3 Å². The van der Waals surface area contributed by atoms with E-state index in [-0.39, 0.29) is 0 Å². The predicted molar refractivity (Wildman–Crippen MR) is 58.0 cm³/mol. The van der Waals surface area contributed by atoms with Gasteiger partial charge in [-0.05, 0) is 28.8 Å². The molecule has 0 aliphatic heterocycles. The molecule has 0 fully saturated rings. The largest absolute Gasteiger partial charge is 0.198 e. The lowest BCUT2D eigenvalue weighted by Crippen LogP contribution is -1.85. The van der Waals surface area contributed by atoms with Gasteiger partial charge in [-0.1, -0.05) is 36.4 Å². The highest BCUT2D eigenvalue weighted by atomic mass is 14.2. The SMILES string of the molecule is Cc1cccc2c(CC#N)cccc12. The maximum atomic E-state index is 8.70. The minimum absolute atomic E-state index is 0.487. The van der Waals surface area contributed by atoms with Gasteiger partial charge in [-0.3, -0.25) is 0 Å². The van der Waals surface area contributed by atoms with Crippen LogP contribution in [0.1, 0.15) is 11.1 Å². The third kappa shape index (κ3) is 1.36. The zero-order valence-corrected chi connectivity index (χ0v) is 8.12. The Labute approximate surface area is 83.6 Å². The molecule has 2 aromatic carbocycles. The third-order valence-corrected chi connectivity index (χ3v) is 2.50. The van der Waals surface area contributed by atoms with Crippen LogP contribution in [0.5, 0.6) is 0 Å². The van der Waals surface area contributed by atoms with Gasteiger partial charge in [0, 0.05) is 0 Å². The van der Waals surface area contributed by atoms with Crippen LogP contribution < -0.4 is 0 Å². The Hall–Kier alpha value is -1.81. The van der Waals surface area contributed by atoms with Crippen LogP contribution in [-0.2, 0) is 6.42 Å². The van der Waals surface area contributed by atoms with Gasteiger partial charge in [-0.25, -0.2) is 0 Å². The van der Waals surface area contributed by atoms with Gasteiger partial charge in [0.2, 0.25) is 0 Å². The number of hydrogen-bond donors (Lipinski definition) is 0. The molecule has 2 rings (SSSR count). The lowest BCUT2D eigenvalue weighted by Gasteiger charge is -2.04. The van der Waals surface area contributed by atoms with Crippen LogP contribution in [0.25, 0.3) is 10.8 Å². The molecule has 0 aliphatic rings. The van der Waals surface area contributed by atoms with E-state index in [2.05, 4.69) is 31.2 Å². The molecule has 0 saturated heterocycles. The molecule has 0 spiro atoms. The first-order valence-corrected chi connectivity index (χ1v) is 4.67. The Morgan fingerprint density at radius 3 is 2.57 bits per heavy atom. The van der Waals surface area contributed by atoms with Crippen molar-refractivity contribution in [1.29, 1.82) is 5.26 Å². The van der Waals surface area contributed by atoms with Crippen LogP contribution in [0.3, 0.4) is 0 Å². The normalized spacial score (nSPS) is 10.0. The van der Waals surface area contributed by atoms with E-state index in [1.807, 2.05) is 18.2 Å². The van der Waals surface area contributed by atoms with Crippen LogP contribution in [-0.4, -0.2) is 0 Å². The first-order chi connectivity index (χ1) is 6.83. The molecule has 0 N–H and O–H groups in total. The van der Waals surface area contributed by atoms with Crippen LogP contribution in [0.4, 0.5) is 0 Å². The van der Waals surface area contributed by atoms with Crippen molar-refractivity contribution in [2.24, 2.45) is 0 Å². The minimum atomic E-state index is 0.487. The Morgan fingerprint density at radius 2 is 1.79 bits per heavy atom. The van der Waals surface area contributed by atoms with E-state index in [4.69, 9.17) is 5.26 Å². The molecule has 1 heteroatoms. The molecule has 14 heavy (non-hydrogen) atoms. The smallest absolute Gasteiger partial charge is 0.0669 e. The van der Waals surface area contributed by atoms with Gasteiger partial charge in [0.1, 0.15) is 0 Å². The second-order valence-electron chi connectivity index (χ2n) is 3.42. The lowest BCUT2D eigenvalue weighted by molar-refractivity contribution is 1.29. The summed E-state index contributed by atoms with van der Waals surface area (Å²) in [4.78, 5) is 0. The molecule has 0 aliphatic carbocycles. The Kier molecular flexibility index (Phi) is 2.20. The van der Waals surface area contributed by atoms with E-state index in [0.29, 0.717) is 6.42 Å². The van der Waals surface area contributed by atoms with E-state index < -0.39 is 0 Å².